The number of thioether (sulfide) groups is 3. The van der Waals surface area contributed by atoms with E-state index in [0.29, 0.717) is 0 Å². The van der Waals surface area contributed by atoms with E-state index in [1.165, 1.54) is 162 Å². The third-order valence-electron chi connectivity index (χ3n) is 6.88. The fourth-order valence-electron chi connectivity index (χ4n) is 4.52. The van der Waals surface area contributed by atoms with Gasteiger partial charge in [0.2, 0.25) is 0 Å². The predicted octanol–water partition coefficient (Wildman–Crippen LogP) is 13.0. The normalized spacial score (nSPS) is 11.4. The van der Waals surface area contributed by atoms with Crippen molar-refractivity contribution in [2.45, 2.75) is 170 Å². The Bertz CT molecular complexity index is 548. The van der Waals surface area contributed by atoms with Crippen LogP contribution in [0.5, 0.6) is 0 Å². The Morgan fingerprint density at radius 2 is 0.722 bits per heavy atom. The molecule has 0 aliphatic heterocycles. The number of benzene rings is 1. The lowest BCUT2D eigenvalue weighted by atomic mass is 10.1. The lowest BCUT2D eigenvalue weighted by Crippen LogP contribution is -1.91. The van der Waals surface area contributed by atoms with Crippen LogP contribution in [0, 0.1) is 6.07 Å². The molecule has 0 heterocycles. The molecule has 0 aromatic heterocycles. The van der Waals surface area contributed by atoms with Crippen molar-refractivity contribution in [2.75, 3.05) is 17.3 Å². The predicted molar refractivity (Wildman–Crippen MR) is 171 cm³/mol. The summed E-state index contributed by atoms with van der Waals surface area (Å²) in [6.45, 7) is 6.91. The summed E-state index contributed by atoms with van der Waals surface area (Å²) >= 11 is 6.33. The van der Waals surface area contributed by atoms with Crippen LogP contribution in [-0.2, 0) is 0 Å². The van der Waals surface area contributed by atoms with E-state index >= 15 is 0 Å². The highest BCUT2D eigenvalue weighted by Crippen LogP contribution is 2.39. The fourth-order valence-corrected chi connectivity index (χ4v) is 8.17. The lowest BCUT2D eigenvalue weighted by Gasteiger charge is -2.14. The minimum atomic E-state index is 1.26. The Morgan fingerprint density at radius 3 is 1.08 bits per heavy atom. The molecule has 0 N–H and O–H groups in total. The van der Waals surface area contributed by atoms with Crippen LogP contribution in [0.4, 0.5) is 0 Å². The lowest BCUT2D eigenvalue weighted by molar-refractivity contribution is 0.603. The molecule has 0 aliphatic rings. The van der Waals surface area contributed by atoms with E-state index in [-0.39, 0.29) is 0 Å². The highest BCUT2D eigenvalue weighted by molar-refractivity contribution is 8.03. The summed E-state index contributed by atoms with van der Waals surface area (Å²) in [7, 11) is 0. The summed E-state index contributed by atoms with van der Waals surface area (Å²) in [4.78, 5) is 4.57. The highest BCUT2D eigenvalue weighted by atomic mass is 32.2. The molecule has 0 atom stereocenters. The van der Waals surface area contributed by atoms with Gasteiger partial charge in [0.25, 0.3) is 0 Å². The van der Waals surface area contributed by atoms with Gasteiger partial charge < -0.3 is 0 Å². The minimum absolute atomic E-state index is 1.26. The molecular weight excluding hydrogens is 493 g/mol. The highest BCUT2D eigenvalue weighted by Gasteiger charge is 2.11. The second-order valence-corrected chi connectivity index (χ2v) is 13.8. The van der Waals surface area contributed by atoms with Gasteiger partial charge in [-0.3, -0.25) is 0 Å². The summed E-state index contributed by atoms with van der Waals surface area (Å²) in [6.07, 6.45) is 29.4. The average Bonchev–Trinajstić information content (AvgIpc) is 2.89. The smallest absolute Gasteiger partial charge is 0.0345 e. The van der Waals surface area contributed by atoms with Gasteiger partial charge in [0, 0.05) is 14.7 Å². The second kappa shape index (κ2) is 26.9. The zero-order valence-electron chi connectivity index (χ0n) is 24.4. The number of hydrogen-bond acceptors (Lipinski definition) is 3. The molecule has 1 rings (SSSR count). The molecule has 0 bridgehead atoms. The summed E-state index contributed by atoms with van der Waals surface area (Å²) < 4.78 is 0. The van der Waals surface area contributed by atoms with Crippen LogP contribution in [0.3, 0.4) is 0 Å². The SMILES string of the molecule is CCCCCCCCCSc1c[c]cc(SCCCCCCCCC)c1SCCCCCCCCC. The molecular formula is C33H59S3. The Hall–Kier alpha value is 0.270. The van der Waals surface area contributed by atoms with Crippen LogP contribution < -0.4 is 0 Å². The first kappa shape index (κ1) is 34.3. The van der Waals surface area contributed by atoms with Crippen LogP contribution in [0.25, 0.3) is 0 Å². The van der Waals surface area contributed by atoms with Gasteiger partial charge >= 0.3 is 0 Å². The van der Waals surface area contributed by atoms with Crippen molar-refractivity contribution in [2.24, 2.45) is 0 Å². The molecule has 1 aromatic rings. The second-order valence-electron chi connectivity index (χ2n) is 10.4. The van der Waals surface area contributed by atoms with Crippen LogP contribution in [0.2, 0.25) is 0 Å². The standard InChI is InChI=1S/C33H59S3/c1-4-7-10-13-16-19-22-28-34-31-26-25-27-32(35-29-23-20-17-14-11-8-5-2)33(31)36-30-24-21-18-15-12-9-6-3/h26-27H,4-24,28-30H2,1-3H3. The van der Waals surface area contributed by atoms with Crippen LogP contribution in [-0.4, -0.2) is 17.3 Å². The van der Waals surface area contributed by atoms with Gasteiger partial charge in [0.15, 0.2) is 0 Å². The van der Waals surface area contributed by atoms with Gasteiger partial charge in [0.1, 0.15) is 0 Å². The maximum atomic E-state index is 3.50. The molecule has 0 unspecified atom stereocenters. The van der Waals surface area contributed by atoms with Crippen molar-refractivity contribution < 1.29 is 0 Å². The quantitative estimate of drug-likeness (QED) is 0.0788. The fraction of sp³-hybridized carbons (Fsp3) is 0.818. The average molecular weight is 552 g/mol. The van der Waals surface area contributed by atoms with Gasteiger partial charge in [-0.2, -0.15) is 0 Å². The van der Waals surface area contributed by atoms with Crippen molar-refractivity contribution in [1.29, 1.82) is 0 Å². The number of hydrogen-bond donors (Lipinski definition) is 0. The Kier molecular flexibility index (Phi) is 25.6. The van der Waals surface area contributed by atoms with Crippen molar-refractivity contribution in [1.82, 2.24) is 0 Å². The monoisotopic (exact) mass is 551 g/mol. The molecule has 0 saturated carbocycles. The molecule has 0 nitrogen and oxygen atoms in total. The third-order valence-corrected chi connectivity index (χ3v) is 10.6. The Balaban J connectivity index is 2.47. The zero-order chi connectivity index (χ0) is 25.9. The topological polar surface area (TPSA) is 0 Å². The molecule has 209 valence electrons. The Morgan fingerprint density at radius 1 is 0.417 bits per heavy atom. The minimum Gasteiger partial charge on any atom is -0.125 e. The maximum Gasteiger partial charge on any atom is 0.0345 e. The van der Waals surface area contributed by atoms with E-state index in [0.717, 1.165) is 0 Å². The number of rotatable bonds is 27. The van der Waals surface area contributed by atoms with E-state index < -0.39 is 0 Å². The molecule has 1 radical (unpaired) electrons. The number of unbranched alkanes of at least 4 members (excludes halogenated alkanes) is 18. The van der Waals surface area contributed by atoms with Crippen molar-refractivity contribution in [3.05, 3.63) is 18.2 Å². The van der Waals surface area contributed by atoms with Crippen molar-refractivity contribution in [3.8, 4) is 0 Å². The van der Waals surface area contributed by atoms with Gasteiger partial charge in [-0.1, -0.05) is 136 Å². The largest absolute Gasteiger partial charge is 0.125 e. The molecule has 1 aromatic carbocycles. The van der Waals surface area contributed by atoms with E-state index in [4.69, 9.17) is 0 Å². The summed E-state index contributed by atoms with van der Waals surface area (Å²) in [6, 6.07) is 8.04. The summed E-state index contributed by atoms with van der Waals surface area (Å²) in [5.41, 5.74) is 0. The van der Waals surface area contributed by atoms with E-state index in [2.05, 4.69) is 74.3 Å². The van der Waals surface area contributed by atoms with E-state index in [1.807, 2.05) is 0 Å². The van der Waals surface area contributed by atoms with Crippen molar-refractivity contribution in [3.63, 3.8) is 0 Å². The first-order valence-electron chi connectivity index (χ1n) is 15.8. The molecule has 36 heavy (non-hydrogen) atoms. The third kappa shape index (κ3) is 19.4. The molecule has 0 spiro atoms. The molecule has 0 amide bonds. The van der Waals surface area contributed by atoms with Gasteiger partial charge in [-0.15, -0.1) is 35.3 Å². The Labute approximate surface area is 240 Å². The summed E-state index contributed by atoms with van der Waals surface area (Å²) in [5, 5.41) is 0. The first-order valence-corrected chi connectivity index (χ1v) is 18.7. The van der Waals surface area contributed by atoms with Crippen LogP contribution >= 0.6 is 35.3 Å². The van der Waals surface area contributed by atoms with Gasteiger partial charge in [-0.05, 0) is 54.7 Å². The maximum absolute atomic E-state index is 3.50. The van der Waals surface area contributed by atoms with E-state index in [1.54, 1.807) is 4.90 Å². The molecule has 0 aliphatic carbocycles. The molecule has 0 fully saturated rings. The zero-order valence-corrected chi connectivity index (χ0v) is 26.8. The van der Waals surface area contributed by atoms with Crippen LogP contribution in [0.1, 0.15) is 156 Å². The van der Waals surface area contributed by atoms with Crippen molar-refractivity contribution >= 4 is 35.3 Å². The van der Waals surface area contributed by atoms with Gasteiger partial charge in [0.05, 0.1) is 0 Å². The van der Waals surface area contributed by atoms with Gasteiger partial charge in [-0.25, -0.2) is 0 Å². The van der Waals surface area contributed by atoms with E-state index in [9.17, 15) is 0 Å². The molecule has 0 saturated heterocycles. The van der Waals surface area contributed by atoms with Crippen LogP contribution in [0.15, 0.2) is 26.8 Å². The summed E-state index contributed by atoms with van der Waals surface area (Å²) in [5.74, 6) is 3.80. The molecule has 3 heteroatoms. The first-order chi connectivity index (χ1) is 17.8.